The Hall–Kier alpha value is -2.11. The van der Waals surface area contributed by atoms with Gasteiger partial charge in [-0.3, -0.25) is 9.97 Å². The first-order valence-corrected chi connectivity index (χ1v) is 7.25. The summed E-state index contributed by atoms with van der Waals surface area (Å²) < 4.78 is 0. The van der Waals surface area contributed by atoms with E-state index in [9.17, 15) is 0 Å². The van der Waals surface area contributed by atoms with Crippen molar-refractivity contribution in [1.29, 1.82) is 0 Å². The molecule has 0 aliphatic carbocycles. The molecule has 4 nitrogen and oxygen atoms in total. The molecular weight excluding hydrogens is 268 g/mol. The second-order valence-electron chi connectivity index (χ2n) is 4.32. The summed E-state index contributed by atoms with van der Waals surface area (Å²) in [6.45, 7) is 1.54. The van der Waals surface area contributed by atoms with E-state index in [2.05, 4.69) is 31.7 Å². The van der Waals surface area contributed by atoms with Crippen molar-refractivity contribution < 1.29 is 0 Å². The third kappa shape index (κ3) is 3.26. The molecule has 0 radical (unpaired) electrons. The maximum Gasteiger partial charge on any atom is 0.142 e. The van der Waals surface area contributed by atoms with E-state index in [0.29, 0.717) is 0 Å². The molecule has 0 fully saturated rings. The van der Waals surface area contributed by atoms with Gasteiger partial charge in [0.05, 0.1) is 11.4 Å². The fraction of sp³-hybridized carbons (Fsp3) is 0.133. The van der Waals surface area contributed by atoms with E-state index in [1.807, 2.05) is 30.5 Å². The number of aromatic nitrogens is 3. The van der Waals surface area contributed by atoms with Crippen molar-refractivity contribution in [3.05, 3.63) is 65.6 Å². The first-order chi connectivity index (χ1) is 9.92. The highest BCUT2D eigenvalue weighted by atomic mass is 32.1. The fourth-order valence-electron chi connectivity index (χ4n) is 1.83. The molecule has 0 saturated heterocycles. The van der Waals surface area contributed by atoms with Gasteiger partial charge in [0.1, 0.15) is 5.01 Å². The minimum Gasteiger partial charge on any atom is -0.307 e. The highest BCUT2D eigenvalue weighted by molar-refractivity contribution is 7.13. The lowest BCUT2D eigenvalue weighted by molar-refractivity contribution is 0.681. The molecule has 100 valence electrons. The Bertz CT molecular complexity index is 652. The first-order valence-electron chi connectivity index (χ1n) is 6.37. The number of nitrogens with one attached hydrogen (secondary N) is 1. The van der Waals surface area contributed by atoms with Gasteiger partial charge in [-0.2, -0.15) is 0 Å². The third-order valence-electron chi connectivity index (χ3n) is 2.79. The maximum atomic E-state index is 4.59. The molecule has 0 bridgehead atoms. The number of nitrogens with zero attached hydrogens (tertiary/aromatic N) is 3. The molecule has 3 aromatic heterocycles. The molecule has 0 unspecified atom stereocenters. The van der Waals surface area contributed by atoms with E-state index in [1.165, 1.54) is 5.56 Å². The van der Waals surface area contributed by atoms with Gasteiger partial charge in [-0.05, 0) is 23.8 Å². The third-order valence-corrected chi connectivity index (χ3v) is 3.71. The normalized spacial score (nSPS) is 10.6. The Kier molecular flexibility index (Phi) is 4.10. The van der Waals surface area contributed by atoms with Crippen molar-refractivity contribution in [3.63, 3.8) is 0 Å². The minimum atomic E-state index is 0.748. The average molecular weight is 282 g/mol. The van der Waals surface area contributed by atoms with E-state index in [1.54, 1.807) is 23.7 Å². The Morgan fingerprint density at radius 2 is 2.05 bits per heavy atom. The monoisotopic (exact) mass is 282 g/mol. The van der Waals surface area contributed by atoms with E-state index >= 15 is 0 Å². The zero-order valence-electron chi connectivity index (χ0n) is 10.9. The van der Waals surface area contributed by atoms with Gasteiger partial charge in [-0.25, -0.2) is 4.98 Å². The van der Waals surface area contributed by atoms with Gasteiger partial charge in [-0.1, -0.05) is 12.1 Å². The lowest BCUT2D eigenvalue weighted by Gasteiger charge is -2.01. The van der Waals surface area contributed by atoms with Gasteiger partial charge in [0, 0.05) is 37.1 Å². The van der Waals surface area contributed by atoms with Crippen LogP contribution in [0.4, 0.5) is 0 Å². The molecule has 0 aliphatic rings. The molecule has 1 N–H and O–H groups in total. The fourth-order valence-corrected chi connectivity index (χ4v) is 2.63. The Morgan fingerprint density at radius 3 is 2.85 bits per heavy atom. The minimum absolute atomic E-state index is 0.748. The van der Waals surface area contributed by atoms with Gasteiger partial charge in [0.25, 0.3) is 0 Å². The molecule has 20 heavy (non-hydrogen) atoms. The van der Waals surface area contributed by atoms with Gasteiger partial charge in [-0.15, -0.1) is 11.3 Å². The van der Waals surface area contributed by atoms with Crippen molar-refractivity contribution in [2.45, 2.75) is 13.1 Å². The largest absolute Gasteiger partial charge is 0.307 e. The summed E-state index contributed by atoms with van der Waals surface area (Å²) in [5.41, 5.74) is 3.14. The molecule has 0 aliphatic heterocycles. The zero-order chi connectivity index (χ0) is 13.6. The van der Waals surface area contributed by atoms with Crippen molar-refractivity contribution in [1.82, 2.24) is 20.3 Å². The molecule has 5 heteroatoms. The Morgan fingerprint density at radius 1 is 1.05 bits per heavy atom. The Balaban J connectivity index is 1.58. The van der Waals surface area contributed by atoms with E-state index in [4.69, 9.17) is 0 Å². The van der Waals surface area contributed by atoms with E-state index < -0.39 is 0 Å². The standard InChI is InChI=1S/C15H14N4S/c1-2-7-18-14(5-1)15-19-13(11-20-15)10-17-9-12-4-3-6-16-8-12/h1-8,11,17H,9-10H2. The van der Waals surface area contributed by atoms with Crippen LogP contribution in [0.3, 0.4) is 0 Å². The predicted molar refractivity (Wildman–Crippen MR) is 80.1 cm³/mol. The van der Waals surface area contributed by atoms with E-state index in [0.717, 1.165) is 29.5 Å². The molecule has 0 atom stereocenters. The smallest absolute Gasteiger partial charge is 0.142 e. The molecular formula is C15H14N4S. The molecule has 0 amide bonds. The van der Waals surface area contributed by atoms with Crippen LogP contribution in [0.5, 0.6) is 0 Å². The van der Waals surface area contributed by atoms with Crippen molar-refractivity contribution in [2.24, 2.45) is 0 Å². The summed E-state index contributed by atoms with van der Waals surface area (Å²) in [5, 5.41) is 6.40. The van der Waals surface area contributed by atoms with Crippen molar-refractivity contribution in [2.75, 3.05) is 0 Å². The highest BCUT2D eigenvalue weighted by Gasteiger charge is 2.05. The second-order valence-corrected chi connectivity index (χ2v) is 5.18. The van der Waals surface area contributed by atoms with Crippen LogP contribution in [-0.2, 0) is 13.1 Å². The van der Waals surface area contributed by atoms with Crippen LogP contribution in [0.2, 0.25) is 0 Å². The number of hydrogen-bond donors (Lipinski definition) is 1. The van der Waals surface area contributed by atoms with Crippen LogP contribution in [0.15, 0.2) is 54.3 Å². The summed E-state index contributed by atoms with van der Waals surface area (Å²) >= 11 is 1.62. The lowest BCUT2D eigenvalue weighted by atomic mass is 10.3. The quantitative estimate of drug-likeness (QED) is 0.782. The average Bonchev–Trinajstić information content (AvgIpc) is 2.98. The number of rotatable bonds is 5. The topological polar surface area (TPSA) is 50.7 Å². The summed E-state index contributed by atoms with van der Waals surface area (Å²) in [6.07, 6.45) is 5.44. The van der Waals surface area contributed by atoms with Gasteiger partial charge in [0.15, 0.2) is 0 Å². The zero-order valence-corrected chi connectivity index (χ0v) is 11.7. The van der Waals surface area contributed by atoms with Gasteiger partial charge < -0.3 is 5.32 Å². The van der Waals surface area contributed by atoms with E-state index in [-0.39, 0.29) is 0 Å². The van der Waals surface area contributed by atoms with Crippen LogP contribution in [-0.4, -0.2) is 15.0 Å². The molecule has 3 heterocycles. The highest BCUT2D eigenvalue weighted by Crippen LogP contribution is 2.21. The summed E-state index contributed by atoms with van der Waals surface area (Å²) in [5.74, 6) is 0. The van der Waals surface area contributed by atoms with Crippen LogP contribution in [0.25, 0.3) is 10.7 Å². The van der Waals surface area contributed by atoms with Crippen LogP contribution >= 0.6 is 11.3 Å². The number of pyridine rings is 2. The summed E-state index contributed by atoms with van der Waals surface area (Å²) in [7, 11) is 0. The lowest BCUT2D eigenvalue weighted by Crippen LogP contribution is -2.12. The summed E-state index contributed by atoms with van der Waals surface area (Å²) in [4.78, 5) is 13.0. The maximum absolute atomic E-state index is 4.59. The second kappa shape index (κ2) is 6.36. The molecule has 3 rings (SSSR count). The van der Waals surface area contributed by atoms with Crippen LogP contribution in [0, 0.1) is 0 Å². The predicted octanol–water partition coefficient (Wildman–Crippen LogP) is 2.89. The van der Waals surface area contributed by atoms with Crippen LogP contribution in [0.1, 0.15) is 11.3 Å². The number of thiazole rings is 1. The molecule has 3 aromatic rings. The number of hydrogen-bond acceptors (Lipinski definition) is 5. The molecule has 0 aromatic carbocycles. The van der Waals surface area contributed by atoms with Crippen molar-refractivity contribution >= 4 is 11.3 Å². The van der Waals surface area contributed by atoms with Crippen molar-refractivity contribution in [3.8, 4) is 10.7 Å². The Labute approximate surface area is 121 Å². The summed E-state index contributed by atoms with van der Waals surface area (Å²) in [6, 6.07) is 9.86. The first kappa shape index (κ1) is 12.9. The SMILES string of the molecule is c1ccc(-c2nc(CNCc3cccnc3)cs2)nc1. The molecule has 0 saturated carbocycles. The van der Waals surface area contributed by atoms with Crippen LogP contribution < -0.4 is 5.32 Å². The molecule has 0 spiro atoms. The van der Waals surface area contributed by atoms with Gasteiger partial charge in [0.2, 0.25) is 0 Å². The van der Waals surface area contributed by atoms with Gasteiger partial charge >= 0.3 is 0 Å².